The molecule has 0 radical (unpaired) electrons. The molecule has 27 heavy (non-hydrogen) atoms. The summed E-state index contributed by atoms with van der Waals surface area (Å²) in [7, 11) is 0. The number of carbonyl (C=O) groups excluding carboxylic acids is 1. The van der Waals surface area contributed by atoms with Crippen molar-refractivity contribution in [3.05, 3.63) is 64.7 Å². The number of aliphatic carboxylic acids is 1. The third kappa shape index (κ3) is 3.88. The molecule has 3 rings (SSSR count). The molecule has 0 saturated carbocycles. The number of ether oxygens (including phenoxy) is 1. The zero-order chi connectivity index (χ0) is 19.6. The van der Waals surface area contributed by atoms with Gasteiger partial charge in [0.15, 0.2) is 5.78 Å². The topological polar surface area (TPSA) is 75.6 Å². The second-order valence-electron chi connectivity index (χ2n) is 7.40. The fourth-order valence-electron chi connectivity index (χ4n) is 3.58. The molecular weight excluding hydrogens is 342 g/mol. The van der Waals surface area contributed by atoms with E-state index in [4.69, 9.17) is 4.74 Å². The van der Waals surface area contributed by atoms with E-state index in [1.54, 1.807) is 6.07 Å². The summed E-state index contributed by atoms with van der Waals surface area (Å²) in [6.07, 6.45) is 0.685. The van der Waals surface area contributed by atoms with Gasteiger partial charge in [-0.05, 0) is 43.5 Å². The molecule has 0 fully saturated rings. The van der Waals surface area contributed by atoms with Crippen LogP contribution in [0.2, 0.25) is 0 Å². The van der Waals surface area contributed by atoms with Crippen molar-refractivity contribution in [2.45, 2.75) is 45.3 Å². The third-order valence-corrected chi connectivity index (χ3v) is 4.97. The summed E-state index contributed by atoms with van der Waals surface area (Å²) in [4.78, 5) is 24.9. The van der Waals surface area contributed by atoms with E-state index in [-0.39, 0.29) is 18.4 Å². The molecule has 2 aromatic carbocycles. The van der Waals surface area contributed by atoms with Crippen molar-refractivity contribution in [2.75, 3.05) is 6.54 Å². The first kappa shape index (κ1) is 19.1. The lowest BCUT2D eigenvalue weighted by Crippen LogP contribution is -2.54. The van der Waals surface area contributed by atoms with Crippen molar-refractivity contribution >= 4 is 11.8 Å². The Morgan fingerprint density at radius 3 is 2.30 bits per heavy atom. The zero-order valence-corrected chi connectivity index (χ0v) is 15.9. The largest absolute Gasteiger partial charge is 0.490 e. The van der Waals surface area contributed by atoms with Crippen LogP contribution < -0.4 is 10.1 Å². The summed E-state index contributed by atoms with van der Waals surface area (Å²) in [6.45, 7) is 5.66. The number of fused-ring (bicyclic) bond motifs is 1. The van der Waals surface area contributed by atoms with E-state index in [0.29, 0.717) is 24.2 Å². The molecule has 142 valence electrons. The highest BCUT2D eigenvalue weighted by atomic mass is 16.5. The van der Waals surface area contributed by atoms with Gasteiger partial charge in [0.25, 0.3) is 0 Å². The number of Topliss-reactive ketones (excluding diaryl/α,β-unsaturated/α-hetero) is 1. The highest BCUT2D eigenvalue weighted by Crippen LogP contribution is 2.31. The third-order valence-electron chi connectivity index (χ3n) is 4.97. The SMILES string of the molecule is Cc1cccc(C(=O)CNC2(C(=O)O)Cc3ccccc3C2)c1OC(C)C. The number of rotatable bonds is 7. The number of aryl methyl sites for hydroxylation is 1. The Morgan fingerprint density at radius 1 is 1.11 bits per heavy atom. The van der Waals surface area contributed by atoms with Crippen molar-refractivity contribution in [3.63, 3.8) is 0 Å². The maximum atomic E-state index is 12.9. The summed E-state index contributed by atoms with van der Waals surface area (Å²) in [5, 5.41) is 12.9. The molecule has 0 spiro atoms. The molecule has 0 bridgehead atoms. The first-order valence-corrected chi connectivity index (χ1v) is 9.17. The summed E-state index contributed by atoms with van der Waals surface area (Å²) in [5.41, 5.74) is 2.24. The van der Waals surface area contributed by atoms with Gasteiger partial charge in [0.05, 0.1) is 18.2 Å². The normalized spacial score (nSPS) is 14.8. The summed E-state index contributed by atoms with van der Waals surface area (Å²) >= 11 is 0. The molecule has 1 aliphatic carbocycles. The van der Waals surface area contributed by atoms with Crippen molar-refractivity contribution in [1.29, 1.82) is 0 Å². The predicted molar refractivity (Wildman–Crippen MR) is 103 cm³/mol. The van der Waals surface area contributed by atoms with Gasteiger partial charge in [-0.3, -0.25) is 14.9 Å². The van der Waals surface area contributed by atoms with Crippen LogP contribution in [0.3, 0.4) is 0 Å². The number of nitrogens with one attached hydrogen (secondary N) is 1. The highest BCUT2D eigenvalue weighted by Gasteiger charge is 2.44. The van der Waals surface area contributed by atoms with Gasteiger partial charge < -0.3 is 9.84 Å². The lowest BCUT2D eigenvalue weighted by Gasteiger charge is -2.25. The van der Waals surface area contributed by atoms with Crippen molar-refractivity contribution < 1.29 is 19.4 Å². The maximum absolute atomic E-state index is 12.9. The molecule has 2 N–H and O–H groups in total. The number of carboxylic acid groups (broad SMARTS) is 1. The molecule has 5 nitrogen and oxygen atoms in total. The fourth-order valence-corrected chi connectivity index (χ4v) is 3.58. The number of hydrogen-bond donors (Lipinski definition) is 2. The molecular formula is C22H25NO4. The Morgan fingerprint density at radius 2 is 1.74 bits per heavy atom. The monoisotopic (exact) mass is 367 g/mol. The van der Waals surface area contributed by atoms with Crippen LogP contribution in [0.25, 0.3) is 0 Å². The van der Waals surface area contributed by atoms with Crippen LogP contribution in [0.5, 0.6) is 5.75 Å². The van der Waals surface area contributed by atoms with E-state index in [9.17, 15) is 14.7 Å². The Labute approximate surface area is 159 Å². The molecule has 2 aromatic rings. The molecule has 0 aromatic heterocycles. The molecule has 0 saturated heterocycles. The number of ketones is 1. The van der Waals surface area contributed by atoms with Crippen molar-refractivity contribution in [2.24, 2.45) is 0 Å². The second kappa shape index (κ2) is 7.53. The van der Waals surface area contributed by atoms with Crippen LogP contribution in [0, 0.1) is 6.92 Å². The lowest BCUT2D eigenvalue weighted by atomic mass is 9.95. The van der Waals surface area contributed by atoms with Gasteiger partial charge in [-0.15, -0.1) is 0 Å². The van der Waals surface area contributed by atoms with E-state index >= 15 is 0 Å². The first-order chi connectivity index (χ1) is 12.8. The highest BCUT2D eigenvalue weighted by molar-refractivity contribution is 6.01. The fraction of sp³-hybridized carbons (Fsp3) is 0.364. The van der Waals surface area contributed by atoms with Gasteiger partial charge in [0.1, 0.15) is 11.3 Å². The molecule has 0 heterocycles. The average molecular weight is 367 g/mol. The number of carboxylic acids is 1. The van der Waals surface area contributed by atoms with Crippen LogP contribution in [0.15, 0.2) is 42.5 Å². The summed E-state index contributed by atoms with van der Waals surface area (Å²) in [6, 6.07) is 13.1. The predicted octanol–water partition coefficient (Wildman–Crippen LogP) is 3.18. The van der Waals surface area contributed by atoms with Gasteiger partial charge in [0.2, 0.25) is 0 Å². The molecule has 1 aliphatic rings. The van der Waals surface area contributed by atoms with Gasteiger partial charge >= 0.3 is 5.97 Å². The number of hydrogen-bond acceptors (Lipinski definition) is 4. The number of para-hydroxylation sites is 1. The molecule has 0 aliphatic heterocycles. The maximum Gasteiger partial charge on any atom is 0.324 e. The Hall–Kier alpha value is -2.66. The van der Waals surface area contributed by atoms with Crippen LogP contribution in [-0.4, -0.2) is 35.0 Å². The van der Waals surface area contributed by atoms with E-state index in [0.717, 1.165) is 16.7 Å². The molecule has 0 atom stereocenters. The molecule has 5 heteroatoms. The Bertz CT molecular complexity index is 847. The minimum Gasteiger partial charge on any atom is -0.490 e. The quantitative estimate of drug-likeness (QED) is 0.735. The minimum atomic E-state index is -1.15. The first-order valence-electron chi connectivity index (χ1n) is 9.17. The van der Waals surface area contributed by atoms with Gasteiger partial charge in [0, 0.05) is 12.8 Å². The van der Waals surface area contributed by atoms with E-state index < -0.39 is 11.5 Å². The van der Waals surface area contributed by atoms with Gasteiger partial charge in [-0.25, -0.2) is 0 Å². The van der Waals surface area contributed by atoms with Crippen molar-refractivity contribution in [3.8, 4) is 5.75 Å². The standard InChI is InChI=1S/C22H25NO4/c1-14(2)27-20-15(3)7-6-10-18(20)19(24)13-23-22(21(25)26)11-16-8-4-5-9-17(16)12-22/h4-10,14,23H,11-13H2,1-3H3,(H,25,26). The van der Waals surface area contributed by atoms with Crippen molar-refractivity contribution in [1.82, 2.24) is 5.32 Å². The van der Waals surface area contributed by atoms with Crippen LogP contribution in [0.4, 0.5) is 0 Å². The van der Waals surface area contributed by atoms with Gasteiger partial charge in [-0.2, -0.15) is 0 Å². The Kier molecular flexibility index (Phi) is 5.33. The second-order valence-corrected chi connectivity index (χ2v) is 7.40. The minimum absolute atomic E-state index is 0.0553. The Balaban J connectivity index is 1.79. The van der Waals surface area contributed by atoms with Crippen LogP contribution >= 0.6 is 0 Å². The number of benzene rings is 2. The summed E-state index contributed by atoms with van der Waals surface area (Å²) in [5.74, 6) is -0.543. The van der Waals surface area contributed by atoms with E-state index in [1.807, 2.05) is 57.2 Å². The summed E-state index contributed by atoms with van der Waals surface area (Å²) < 4.78 is 5.83. The average Bonchev–Trinajstić information content (AvgIpc) is 3.01. The lowest BCUT2D eigenvalue weighted by molar-refractivity contribution is -0.144. The molecule has 0 amide bonds. The van der Waals surface area contributed by atoms with Crippen LogP contribution in [-0.2, 0) is 17.6 Å². The van der Waals surface area contributed by atoms with Crippen LogP contribution in [0.1, 0.15) is 40.9 Å². The van der Waals surface area contributed by atoms with Gasteiger partial charge in [-0.1, -0.05) is 36.4 Å². The zero-order valence-electron chi connectivity index (χ0n) is 15.9. The smallest absolute Gasteiger partial charge is 0.324 e. The number of carbonyl (C=O) groups is 2. The van der Waals surface area contributed by atoms with E-state index in [1.165, 1.54) is 0 Å². The molecule has 0 unspecified atom stereocenters. The van der Waals surface area contributed by atoms with E-state index in [2.05, 4.69) is 5.32 Å².